The molecule has 0 aromatic carbocycles. The van der Waals surface area contributed by atoms with E-state index in [1.54, 1.807) is 0 Å². The maximum atomic E-state index is 12.3. The van der Waals surface area contributed by atoms with Gasteiger partial charge in [0.1, 0.15) is 0 Å². The Labute approximate surface area is 221 Å². The molecule has 214 valence electrons. The number of carboxylic acid groups (broad SMARTS) is 3. The van der Waals surface area contributed by atoms with E-state index < -0.39 is 41.5 Å². The van der Waals surface area contributed by atoms with Crippen LogP contribution in [-0.2, 0) is 50.2 Å². The molecule has 0 rings (SSSR count). The van der Waals surface area contributed by atoms with Crippen molar-refractivity contribution in [3.63, 3.8) is 0 Å². The normalized spacial score (nSPS) is 12.5. The summed E-state index contributed by atoms with van der Waals surface area (Å²) in [4.78, 5) is 43.3. The zero-order valence-corrected chi connectivity index (χ0v) is 26.2. The number of hydrogen-bond donors (Lipinski definition) is 3. The van der Waals surface area contributed by atoms with Crippen molar-refractivity contribution in [3.05, 3.63) is 23.3 Å². The number of carbonyl (C=O) groups excluding carboxylic acids is 1. The van der Waals surface area contributed by atoms with Crippen LogP contribution < -0.4 is 0 Å². The molecule has 0 radical (unpaired) electrons. The van der Waals surface area contributed by atoms with Crippen LogP contribution >= 0.6 is 0 Å². The fourth-order valence-corrected chi connectivity index (χ4v) is 6.80. The zero-order valence-electron chi connectivity index (χ0n) is 22.2. The van der Waals surface area contributed by atoms with Crippen LogP contribution in [0.4, 0.5) is 0 Å². The Morgan fingerprint density at radius 1 is 0.649 bits per heavy atom. The number of aliphatic carboxylic acids is 3. The van der Waals surface area contributed by atoms with Crippen molar-refractivity contribution in [2.75, 3.05) is 42.7 Å². The van der Waals surface area contributed by atoms with E-state index in [0.29, 0.717) is 37.1 Å². The van der Waals surface area contributed by atoms with Crippen molar-refractivity contribution in [2.45, 2.75) is 37.8 Å². The lowest BCUT2D eigenvalue weighted by Crippen LogP contribution is -2.42. The zero-order chi connectivity index (χ0) is 29.1. The molecule has 0 aromatic heterocycles. The summed E-state index contributed by atoms with van der Waals surface area (Å²) in [6, 6.07) is 0.859. The van der Waals surface area contributed by atoms with E-state index in [4.69, 9.17) is 41.2 Å². The molecule has 17 heteroatoms. The molecule has 14 nitrogen and oxygen atoms in total. The third-order valence-electron chi connectivity index (χ3n) is 5.11. The van der Waals surface area contributed by atoms with Gasteiger partial charge in [-0.1, -0.05) is 0 Å². The van der Waals surface area contributed by atoms with Crippen LogP contribution in [0.1, 0.15) is 25.7 Å². The average Bonchev–Trinajstić information content (AvgIpc) is 2.89. The number of hydrogen-bond acceptors (Lipinski definition) is 11. The summed E-state index contributed by atoms with van der Waals surface area (Å²) in [5.41, 5.74) is 0.176. The van der Waals surface area contributed by atoms with Crippen LogP contribution in [0.2, 0.25) is 12.1 Å². The predicted octanol–water partition coefficient (Wildman–Crippen LogP) is 0.220. The van der Waals surface area contributed by atoms with Gasteiger partial charge in [-0.15, -0.1) is 0 Å². The molecule has 0 saturated carbocycles. The van der Waals surface area contributed by atoms with Gasteiger partial charge in [0, 0.05) is 78.0 Å². The average molecular weight is 587 g/mol. The first-order valence-electron chi connectivity index (χ1n) is 10.8. The van der Waals surface area contributed by atoms with Gasteiger partial charge in [-0.05, 0) is 25.7 Å². The standard InChI is InChI=1S/C16H34O10Si3.C4H4O4/c1-20-28(21-2,22-3)11-7-9-13(15(17)18)14(16(19)26-27)10-8-12-29(23-4,24-5)25-6;5-3(6)1-2-4(7)8/h7-12H2,1-6,27H3,(H,17,18);1-2H,(H,5,6)(H,7,8)/b14-13+;2-1-. The van der Waals surface area contributed by atoms with Gasteiger partial charge >= 0.3 is 41.5 Å². The molecular formula is C20H38O14Si3. The first-order valence-corrected chi connectivity index (χ1v) is 15.5. The Morgan fingerprint density at radius 2 is 0.973 bits per heavy atom. The van der Waals surface area contributed by atoms with Crippen molar-refractivity contribution < 1.29 is 65.5 Å². The van der Waals surface area contributed by atoms with Crippen LogP contribution in [0, 0.1) is 0 Å². The molecule has 3 N–H and O–H groups in total. The van der Waals surface area contributed by atoms with Crippen molar-refractivity contribution >= 4 is 52.0 Å². The molecule has 0 spiro atoms. The van der Waals surface area contributed by atoms with Crippen LogP contribution in [0.25, 0.3) is 0 Å². The minimum absolute atomic E-state index is 0.0246. The van der Waals surface area contributed by atoms with Crippen molar-refractivity contribution in [2.24, 2.45) is 0 Å². The summed E-state index contributed by atoms with van der Waals surface area (Å²) in [6.07, 6.45) is 2.37. The molecule has 0 bridgehead atoms. The van der Waals surface area contributed by atoms with Gasteiger partial charge in [-0.25, -0.2) is 19.2 Å². The highest BCUT2D eigenvalue weighted by Gasteiger charge is 2.38. The fourth-order valence-electron chi connectivity index (χ4n) is 3.10. The minimum atomic E-state index is -2.82. The summed E-state index contributed by atoms with van der Waals surface area (Å²) in [5.74, 6) is -4.28. The molecule has 0 atom stereocenters. The Hall–Kier alpha value is -2.23. The second-order valence-corrected chi connectivity index (χ2v) is 13.7. The van der Waals surface area contributed by atoms with E-state index in [-0.39, 0.29) is 34.5 Å². The smallest absolute Gasteiger partial charge is 0.500 e. The van der Waals surface area contributed by atoms with E-state index in [9.17, 15) is 24.3 Å². The van der Waals surface area contributed by atoms with Gasteiger partial charge in [0.25, 0.3) is 0 Å². The summed E-state index contributed by atoms with van der Waals surface area (Å²) in [5, 5.41) is 25.3. The van der Waals surface area contributed by atoms with Crippen LogP contribution in [0.5, 0.6) is 0 Å². The fraction of sp³-hybridized carbons (Fsp3) is 0.600. The van der Waals surface area contributed by atoms with Gasteiger partial charge < -0.3 is 46.3 Å². The van der Waals surface area contributed by atoms with E-state index >= 15 is 0 Å². The van der Waals surface area contributed by atoms with Crippen LogP contribution in [0.15, 0.2) is 23.3 Å². The summed E-state index contributed by atoms with van der Waals surface area (Å²) in [7, 11) is 3.52. The Kier molecular flexibility index (Phi) is 19.8. The van der Waals surface area contributed by atoms with E-state index in [1.165, 1.54) is 42.7 Å². The molecule has 0 aliphatic heterocycles. The number of carbonyl (C=O) groups is 4. The highest BCUT2D eigenvalue weighted by Crippen LogP contribution is 2.25. The summed E-state index contributed by atoms with van der Waals surface area (Å²) in [6.45, 7) is 0. The molecule has 0 unspecified atom stereocenters. The second kappa shape index (κ2) is 19.8. The molecule has 0 aliphatic carbocycles. The Morgan fingerprint density at radius 3 is 1.22 bits per heavy atom. The Bertz CT molecular complexity index is 759. The number of carboxylic acids is 3. The molecule has 0 amide bonds. The summed E-state index contributed by atoms with van der Waals surface area (Å²) >= 11 is 0. The molecular weight excluding hydrogens is 548 g/mol. The maximum absolute atomic E-state index is 12.3. The second-order valence-electron chi connectivity index (χ2n) is 7.06. The van der Waals surface area contributed by atoms with Gasteiger partial charge in [-0.2, -0.15) is 0 Å². The van der Waals surface area contributed by atoms with Gasteiger partial charge in [0.05, 0.1) is 0 Å². The third kappa shape index (κ3) is 14.3. The number of rotatable bonds is 18. The quantitative estimate of drug-likeness (QED) is 0.146. The lowest BCUT2D eigenvalue weighted by Gasteiger charge is -2.25. The molecule has 0 aliphatic rings. The SMILES string of the molecule is CO[Si](CCC/C(C(=O)O)=C(/CCC[Si](OC)(OC)OC)C(=O)O[SiH3])(OC)OC.O=C(O)/C=C\C(=O)O. The maximum Gasteiger partial charge on any atom is 0.500 e. The van der Waals surface area contributed by atoms with Crippen molar-refractivity contribution in [1.29, 1.82) is 0 Å². The van der Waals surface area contributed by atoms with Crippen LogP contribution in [0.3, 0.4) is 0 Å². The largest absolute Gasteiger partial charge is 0.525 e. The third-order valence-corrected chi connectivity index (χ3v) is 11.1. The molecule has 0 fully saturated rings. The topological polar surface area (TPSA) is 194 Å². The van der Waals surface area contributed by atoms with Crippen molar-refractivity contribution in [1.82, 2.24) is 0 Å². The first-order chi connectivity index (χ1) is 17.4. The van der Waals surface area contributed by atoms with E-state index in [1.807, 2.05) is 0 Å². The Balaban J connectivity index is 0. The highest BCUT2D eigenvalue weighted by atomic mass is 28.4. The highest BCUT2D eigenvalue weighted by molar-refractivity contribution is 6.60. The minimum Gasteiger partial charge on any atom is -0.525 e. The van der Waals surface area contributed by atoms with E-state index in [2.05, 4.69) is 0 Å². The predicted molar refractivity (Wildman–Crippen MR) is 137 cm³/mol. The van der Waals surface area contributed by atoms with Crippen LogP contribution in [-0.4, -0.2) is 110 Å². The first kappa shape index (κ1) is 36.9. The van der Waals surface area contributed by atoms with Gasteiger partial charge in [-0.3, -0.25) is 0 Å². The summed E-state index contributed by atoms with van der Waals surface area (Å²) < 4.78 is 37.1. The molecule has 0 heterocycles. The molecule has 0 aromatic rings. The van der Waals surface area contributed by atoms with Gasteiger partial charge in [0.15, 0.2) is 0 Å². The lowest BCUT2D eigenvalue weighted by molar-refractivity contribution is -0.135. The monoisotopic (exact) mass is 586 g/mol. The van der Waals surface area contributed by atoms with Crippen molar-refractivity contribution in [3.8, 4) is 0 Å². The van der Waals surface area contributed by atoms with Gasteiger partial charge in [0.2, 0.25) is 10.5 Å². The molecule has 37 heavy (non-hydrogen) atoms. The molecule has 0 saturated heterocycles. The van der Waals surface area contributed by atoms with E-state index in [0.717, 1.165) is 0 Å². The lowest BCUT2D eigenvalue weighted by atomic mass is 10.00.